The predicted octanol–water partition coefficient (Wildman–Crippen LogP) is -0.557. The van der Waals surface area contributed by atoms with Crippen molar-refractivity contribution in [3.05, 3.63) is 33.3 Å². The molecule has 1 aromatic heterocycles. The number of β-lactam (4-membered cyclic amide) rings is 1. The third kappa shape index (κ3) is 5.31. The van der Waals surface area contributed by atoms with Gasteiger partial charge in [-0.2, -0.15) is 0 Å². The van der Waals surface area contributed by atoms with Gasteiger partial charge in [0.05, 0.1) is 0 Å². The number of nitrogens with one attached hydrogen (secondary N) is 1. The van der Waals surface area contributed by atoms with Gasteiger partial charge in [0.1, 0.15) is 29.4 Å². The van der Waals surface area contributed by atoms with E-state index < -0.39 is 47.7 Å². The molecule has 2 amide bonds. The van der Waals surface area contributed by atoms with Crippen LogP contribution in [0, 0.1) is 0 Å². The molecule has 0 radical (unpaired) electrons. The highest BCUT2D eigenvalue weighted by Gasteiger charge is 2.54. The molecule has 3 aliphatic rings. The Bertz CT molecular complexity index is 1240. The van der Waals surface area contributed by atoms with Crippen molar-refractivity contribution in [1.29, 1.82) is 0 Å². The van der Waals surface area contributed by atoms with Crippen LogP contribution in [-0.4, -0.2) is 91.7 Å². The van der Waals surface area contributed by atoms with Gasteiger partial charge in [-0.1, -0.05) is 5.16 Å². The Morgan fingerprint density at radius 1 is 1.36 bits per heavy atom. The Morgan fingerprint density at radius 2 is 2.14 bits per heavy atom. The van der Waals surface area contributed by atoms with Crippen LogP contribution in [0.15, 0.2) is 32.8 Å². The van der Waals surface area contributed by atoms with Gasteiger partial charge in [0.25, 0.3) is 11.8 Å². The van der Waals surface area contributed by atoms with E-state index in [1.165, 1.54) is 35.0 Å². The number of rotatable bonds is 10. The van der Waals surface area contributed by atoms with Gasteiger partial charge in [0, 0.05) is 27.9 Å². The van der Waals surface area contributed by atoms with E-state index in [-0.39, 0.29) is 40.3 Å². The lowest BCUT2D eigenvalue weighted by atomic mass is 10.0. The number of oxime groups is 1. The maximum atomic E-state index is 12.9. The fraction of sp³-hybridized carbons (Fsp3) is 0.316. The maximum Gasteiger partial charge on any atom is 0.352 e. The molecule has 0 saturated carbocycles. The summed E-state index contributed by atoms with van der Waals surface area (Å²) in [5, 5.41) is 25.4. The fourth-order valence-electron chi connectivity index (χ4n) is 3.38. The Balaban J connectivity index is 1.48. The molecule has 4 heterocycles. The number of aromatic nitrogens is 1. The molecule has 0 bridgehead atoms. The zero-order valence-corrected chi connectivity index (χ0v) is 20.5. The van der Waals surface area contributed by atoms with E-state index in [9.17, 15) is 29.1 Å². The summed E-state index contributed by atoms with van der Waals surface area (Å²) >= 11 is 3.54. The Kier molecular flexibility index (Phi) is 7.51. The van der Waals surface area contributed by atoms with Gasteiger partial charge >= 0.3 is 17.9 Å². The van der Waals surface area contributed by atoms with E-state index in [1.54, 1.807) is 0 Å². The molecule has 0 spiro atoms. The number of thiazole rings is 1. The van der Waals surface area contributed by atoms with Crippen molar-refractivity contribution in [1.82, 2.24) is 15.2 Å². The van der Waals surface area contributed by atoms with Gasteiger partial charge < -0.3 is 30.8 Å². The summed E-state index contributed by atoms with van der Waals surface area (Å²) < 4.78 is 4.83. The minimum atomic E-state index is -1.31. The number of fused-ring (bicyclic) bond motifs is 1. The normalized spacial score (nSPS) is 21.4. The van der Waals surface area contributed by atoms with E-state index in [0.717, 1.165) is 16.2 Å². The Hall–Kier alpha value is -3.57. The monoisotopic (exact) mass is 555 g/mol. The molecule has 1 fully saturated rings. The number of ether oxygens (including phenoxy) is 1. The minimum Gasteiger partial charge on any atom is -0.479 e. The summed E-state index contributed by atoms with van der Waals surface area (Å²) in [6.07, 6.45) is 1.33. The SMILES string of the molecule is Nc1nc(/C(=N/OCC(=O)O)C(=O)N[C@@H]2C(=O)N3C(C(=O)O)=C(CSC4=CC(=O)OC4)CS[C@@H]23)cs1. The predicted molar refractivity (Wildman–Crippen MR) is 128 cm³/mol. The van der Waals surface area contributed by atoms with Crippen molar-refractivity contribution in [2.24, 2.45) is 5.16 Å². The van der Waals surface area contributed by atoms with Crippen LogP contribution in [0.5, 0.6) is 0 Å². The first kappa shape index (κ1) is 25.5. The van der Waals surface area contributed by atoms with Crippen molar-refractivity contribution in [3.63, 3.8) is 0 Å². The average Bonchev–Trinajstić information content (AvgIpc) is 3.45. The highest BCUT2D eigenvalue weighted by molar-refractivity contribution is 8.03. The van der Waals surface area contributed by atoms with E-state index >= 15 is 0 Å². The highest BCUT2D eigenvalue weighted by atomic mass is 32.2. The van der Waals surface area contributed by atoms with Gasteiger partial charge in [0.2, 0.25) is 6.61 Å². The number of esters is 1. The van der Waals surface area contributed by atoms with Crippen LogP contribution in [0.1, 0.15) is 5.69 Å². The number of aliphatic carboxylic acids is 2. The van der Waals surface area contributed by atoms with Gasteiger partial charge in [-0.25, -0.2) is 19.4 Å². The van der Waals surface area contributed by atoms with Crippen molar-refractivity contribution in [2.45, 2.75) is 11.4 Å². The summed E-state index contributed by atoms with van der Waals surface area (Å²) in [4.78, 5) is 70.1. The highest BCUT2D eigenvalue weighted by Crippen LogP contribution is 2.41. The lowest BCUT2D eigenvalue weighted by Gasteiger charge is -2.49. The Labute approximate surface area is 214 Å². The number of anilines is 1. The number of amides is 2. The summed E-state index contributed by atoms with van der Waals surface area (Å²) in [7, 11) is 0. The zero-order valence-electron chi connectivity index (χ0n) is 18.0. The number of carboxylic acid groups (broad SMARTS) is 2. The molecule has 0 aliphatic carbocycles. The van der Waals surface area contributed by atoms with Gasteiger partial charge in [-0.3, -0.25) is 14.5 Å². The molecular formula is C19H17N5O9S3. The number of nitrogens with zero attached hydrogens (tertiary/aromatic N) is 3. The average molecular weight is 556 g/mol. The number of hydrogen-bond donors (Lipinski definition) is 4. The van der Waals surface area contributed by atoms with E-state index in [4.69, 9.17) is 15.6 Å². The van der Waals surface area contributed by atoms with Crippen LogP contribution in [0.3, 0.4) is 0 Å². The first-order valence-electron chi connectivity index (χ1n) is 9.99. The van der Waals surface area contributed by atoms with E-state index in [2.05, 4.69) is 20.3 Å². The van der Waals surface area contributed by atoms with Crippen LogP contribution in [0.25, 0.3) is 0 Å². The first-order valence-corrected chi connectivity index (χ1v) is 12.9. The molecule has 1 aromatic rings. The molecule has 5 N–H and O–H groups in total. The molecule has 4 rings (SSSR count). The second kappa shape index (κ2) is 10.6. The van der Waals surface area contributed by atoms with Crippen LogP contribution >= 0.6 is 34.9 Å². The van der Waals surface area contributed by atoms with Crippen LogP contribution in [0.4, 0.5) is 5.13 Å². The smallest absolute Gasteiger partial charge is 0.352 e. The number of carbonyl (C=O) groups is 5. The van der Waals surface area contributed by atoms with Crippen LogP contribution < -0.4 is 11.1 Å². The molecule has 3 aliphatic heterocycles. The molecule has 190 valence electrons. The molecular weight excluding hydrogens is 538 g/mol. The Morgan fingerprint density at radius 3 is 2.75 bits per heavy atom. The van der Waals surface area contributed by atoms with E-state index in [0.29, 0.717) is 10.5 Å². The lowest BCUT2D eigenvalue weighted by molar-refractivity contribution is -0.150. The van der Waals surface area contributed by atoms with E-state index in [1.807, 2.05) is 0 Å². The standard InChI is InChI=1S/C19H17N5O9S3/c20-19-21-9(6-36-19)12(23-33-3-10(25)26)15(28)22-13-16(29)24-14(18(30)31)7(5-35-17(13)24)4-34-8-1-11(27)32-2-8/h1,6,13,17H,2-5H2,(H2,20,21)(H,22,28)(H,25,26)(H,30,31)/b23-12-/t13-,17+/m1/s1. The van der Waals surface area contributed by atoms with Gasteiger partial charge in [-0.15, -0.1) is 34.9 Å². The number of hydrogen-bond acceptors (Lipinski definition) is 13. The third-order valence-corrected chi connectivity index (χ3v) is 8.04. The number of carbonyl (C=O) groups excluding carboxylic acids is 3. The van der Waals surface area contributed by atoms with Crippen LogP contribution in [-0.2, 0) is 33.5 Å². The maximum absolute atomic E-state index is 12.9. The molecule has 14 nitrogen and oxygen atoms in total. The van der Waals surface area contributed by atoms with Crippen molar-refractivity contribution in [2.75, 3.05) is 30.5 Å². The summed E-state index contributed by atoms with van der Waals surface area (Å²) in [5.41, 5.74) is 5.57. The minimum absolute atomic E-state index is 0.0226. The van der Waals surface area contributed by atoms with Gasteiger partial charge in [-0.05, 0) is 5.57 Å². The zero-order chi connectivity index (χ0) is 26.0. The fourth-order valence-corrected chi connectivity index (χ4v) is 6.32. The molecule has 0 unspecified atom stereocenters. The molecule has 1 saturated heterocycles. The summed E-state index contributed by atoms with van der Waals surface area (Å²) in [5.74, 6) is -4.05. The number of cyclic esters (lactones) is 1. The quantitative estimate of drug-likeness (QED) is 0.124. The molecule has 0 aromatic carbocycles. The van der Waals surface area contributed by atoms with Gasteiger partial charge in [0.15, 0.2) is 10.8 Å². The van der Waals surface area contributed by atoms with Crippen molar-refractivity contribution in [3.8, 4) is 0 Å². The summed E-state index contributed by atoms with van der Waals surface area (Å²) in [6, 6.07) is -1.06. The molecule has 36 heavy (non-hydrogen) atoms. The lowest BCUT2D eigenvalue weighted by Crippen LogP contribution is -2.71. The van der Waals surface area contributed by atoms with Crippen molar-refractivity contribution < 1.29 is 43.8 Å². The third-order valence-electron chi connectivity index (χ3n) is 4.93. The molecule has 17 heteroatoms. The first-order chi connectivity index (χ1) is 17.2. The van der Waals surface area contributed by atoms with Crippen molar-refractivity contribution >= 4 is 75.4 Å². The largest absolute Gasteiger partial charge is 0.479 e. The number of nitrogens with two attached hydrogens (primary N) is 1. The second-order valence-electron chi connectivity index (χ2n) is 7.30. The summed E-state index contributed by atoms with van der Waals surface area (Å²) in [6.45, 7) is -0.688. The second-order valence-corrected chi connectivity index (χ2v) is 10.4. The number of nitrogen functional groups attached to an aromatic ring is 1. The number of carboxylic acids is 2. The topological polar surface area (TPSA) is 211 Å². The molecule has 2 atom stereocenters. The van der Waals surface area contributed by atoms with Crippen LogP contribution in [0.2, 0.25) is 0 Å². The number of thioether (sulfide) groups is 2.